The second-order valence-electron chi connectivity index (χ2n) is 4.49. The Morgan fingerprint density at radius 2 is 1.94 bits per heavy atom. The molecule has 2 unspecified atom stereocenters. The first-order chi connectivity index (χ1) is 8.20. The van der Waals surface area contributed by atoms with E-state index in [2.05, 4.69) is 10.2 Å². The highest BCUT2D eigenvalue weighted by Gasteiger charge is 2.27. The molecule has 1 aliphatic rings. The second kappa shape index (κ2) is 5.58. The van der Waals surface area contributed by atoms with Crippen LogP contribution in [0, 0.1) is 5.82 Å². The molecule has 94 valence electrons. The number of hydrogen-bond acceptors (Lipinski definition) is 3. The van der Waals surface area contributed by atoms with Gasteiger partial charge in [0.05, 0.1) is 12.1 Å². The molecular formula is C13H19FN2O. The van der Waals surface area contributed by atoms with E-state index in [4.69, 9.17) is 0 Å². The van der Waals surface area contributed by atoms with Crippen molar-refractivity contribution in [1.82, 2.24) is 10.2 Å². The molecule has 2 rings (SSSR count). The van der Waals surface area contributed by atoms with Gasteiger partial charge < -0.3 is 10.4 Å². The van der Waals surface area contributed by atoms with Gasteiger partial charge in [-0.15, -0.1) is 0 Å². The minimum atomic E-state index is -0.579. The molecule has 1 heterocycles. The summed E-state index contributed by atoms with van der Waals surface area (Å²) in [5, 5.41) is 13.2. The van der Waals surface area contributed by atoms with E-state index >= 15 is 0 Å². The van der Waals surface area contributed by atoms with Gasteiger partial charge in [-0.3, -0.25) is 4.90 Å². The Morgan fingerprint density at radius 3 is 2.53 bits per heavy atom. The Kier molecular flexibility index (Phi) is 4.10. The smallest absolute Gasteiger partial charge is 0.128 e. The van der Waals surface area contributed by atoms with Crippen LogP contribution in [0.2, 0.25) is 0 Å². The summed E-state index contributed by atoms with van der Waals surface area (Å²) in [6.45, 7) is 5.17. The SMILES string of the molecule is CC(O)C(c1ccccc1F)N1CCNCC1. The summed E-state index contributed by atoms with van der Waals surface area (Å²) >= 11 is 0. The monoisotopic (exact) mass is 238 g/mol. The average molecular weight is 238 g/mol. The maximum Gasteiger partial charge on any atom is 0.128 e. The van der Waals surface area contributed by atoms with Gasteiger partial charge in [0.15, 0.2) is 0 Å². The van der Waals surface area contributed by atoms with Crippen LogP contribution >= 0.6 is 0 Å². The van der Waals surface area contributed by atoms with Crippen LogP contribution in [0.1, 0.15) is 18.5 Å². The molecular weight excluding hydrogens is 219 g/mol. The van der Waals surface area contributed by atoms with Crippen LogP contribution < -0.4 is 5.32 Å². The summed E-state index contributed by atoms with van der Waals surface area (Å²) in [5.41, 5.74) is 0.587. The molecule has 2 atom stereocenters. The zero-order valence-electron chi connectivity index (χ0n) is 10.1. The third kappa shape index (κ3) is 2.83. The predicted octanol–water partition coefficient (Wildman–Crippen LogP) is 1.15. The van der Waals surface area contributed by atoms with Crippen molar-refractivity contribution in [1.29, 1.82) is 0 Å². The van der Waals surface area contributed by atoms with E-state index in [1.165, 1.54) is 6.07 Å². The number of halogens is 1. The molecule has 0 spiro atoms. The van der Waals surface area contributed by atoms with E-state index in [1.54, 1.807) is 19.1 Å². The van der Waals surface area contributed by atoms with Crippen LogP contribution in [0.4, 0.5) is 4.39 Å². The van der Waals surface area contributed by atoms with E-state index in [1.807, 2.05) is 6.07 Å². The van der Waals surface area contributed by atoms with E-state index in [-0.39, 0.29) is 11.9 Å². The van der Waals surface area contributed by atoms with Crippen LogP contribution in [0.5, 0.6) is 0 Å². The van der Waals surface area contributed by atoms with Gasteiger partial charge in [0, 0.05) is 31.7 Å². The van der Waals surface area contributed by atoms with Gasteiger partial charge in [-0.2, -0.15) is 0 Å². The molecule has 0 bridgehead atoms. The first kappa shape index (κ1) is 12.5. The van der Waals surface area contributed by atoms with Crippen LogP contribution in [0.15, 0.2) is 24.3 Å². The fourth-order valence-electron chi connectivity index (χ4n) is 2.44. The van der Waals surface area contributed by atoms with Crippen molar-refractivity contribution in [3.05, 3.63) is 35.6 Å². The maximum atomic E-state index is 13.8. The molecule has 1 fully saturated rings. The van der Waals surface area contributed by atoms with Crippen LogP contribution in [-0.4, -0.2) is 42.3 Å². The van der Waals surface area contributed by atoms with Crippen molar-refractivity contribution >= 4 is 0 Å². The molecule has 0 aliphatic carbocycles. The molecule has 0 aromatic heterocycles. The minimum Gasteiger partial charge on any atom is -0.391 e. The summed E-state index contributed by atoms with van der Waals surface area (Å²) in [5.74, 6) is -0.239. The van der Waals surface area contributed by atoms with Crippen LogP contribution in [-0.2, 0) is 0 Å². The summed E-state index contributed by atoms with van der Waals surface area (Å²) in [6.07, 6.45) is -0.579. The number of aliphatic hydroxyl groups excluding tert-OH is 1. The summed E-state index contributed by atoms with van der Waals surface area (Å²) < 4.78 is 13.8. The Labute approximate surface area is 101 Å². The van der Waals surface area contributed by atoms with Gasteiger partial charge in [-0.05, 0) is 13.0 Å². The highest BCUT2D eigenvalue weighted by atomic mass is 19.1. The summed E-state index contributed by atoms with van der Waals surface area (Å²) in [6, 6.07) is 6.45. The molecule has 0 amide bonds. The molecule has 0 saturated carbocycles. The quantitative estimate of drug-likeness (QED) is 0.829. The molecule has 1 aromatic rings. The van der Waals surface area contributed by atoms with Crippen molar-refractivity contribution in [3.63, 3.8) is 0 Å². The van der Waals surface area contributed by atoms with E-state index < -0.39 is 6.10 Å². The first-order valence-corrected chi connectivity index (χ1v) is 6.07. The van der Waals surface area contributed by atoms with Crippen molar-refractivity contribution in [2.45, 2.75) is 19.1 Å². The molecule has 1 aromatic carbocycles. The second-order valence-corrected chi connectivity index (χ2v) is 4.49. The lowest BCUT2D eigenvalue weighted by molar-refractivity contribution is 0.0505. The minimum absolute atomic E-state index is 0.239. The molecule has 3 nitrogen and oxygen atoms in total. The van der Waals surface area contributed by atoms with Gasteiger partial charge in [-0.1, -0.05) is 18.2 Å². The standard InChI is InChI=1S/C13H19FN2O/c1-10(17)13(16-8-6-15-7-9-16)11-4-2-3-5-12(11)14/h2-5,10,13,15,17H,6-9H2,1H3. The van der Waals surface area contributed by atoms with Crippen molar-refractivity contribution < 1.29 is 9.50 Å². The topological polar surface area (TPSA) is 35.5 Å². The summed E-state index contributed by atoms with van der Waals surface area (Å²) in [7, 11) is 0. The van der Waals surface area contributed by atoms with Gasteiger partial charge >= 0.3 is 0 Å². The average Bonchev–Trinajstić information content (AvgIpc) is 2.33. The molecule has 2 N–H and O–H groups in total. The highest BCUT2D eigenvalue weighted by molar-refractivity contribution is 5.22. The lowest BCUT2D eigenvalue weighted by Gasteiger charge is -2.36. The zero-order valence-corrected chi connectivity index (χ0v) is 10.1. The fraction of sp³-hybridized carbons (Fsp3) is 0.538. The lowest BCUT2D eigenvalue weighted by atomic mass is 9.99. The Hall–Kier alpha value is -0.970. The maximum absolute atomic E-state index is 13.8. The fourth-order valence-corrected chi connectivity index (χ4v) is 2.44. The highest BCUT2D eigenvalue weighted by Crippen LogP contribution is 2.26. The number of nitrogens with zero attached hydrogens (tertiary/aromatic N) is 1. The van der Waals surface area contributed by atoms with Crippen molar-refractivity contribution in [2.75, 3.05) is 26.2 Å². The zero-order chi connectivity index (χ0) is 12.3. The van der Waals surface area contributed by atoms with Gasteiger partial charge in [0.1, 0.15) is 5.82 Å². The molecule has 1 saturated heterocycles. The Balaban J connectivity index is 2.25. The molecule has 1 aliphatic heterocycles. The molecule has 4 heteroatoms. The van der Waals surface area contributed by atoms with Crippen LogP contribution in [0.3, 0.4) is 0 Å². The van der Waals surface area contributed by atoms with Crippen molar-refractivity contribution in [3.8, 4) is 0 Å². The number of nitrogens with one attached hydrogen (secondary N) is 1. The van der Waals surface area contributed by atoms with E-state index in [9.17, 15) is 9.50 Å². The van der Waals surface area contributed by atoms with E-state index in [0.717, 1.165) is 26.2 Å². The van der Waals surface area contributed by atoms with E-state index in [0.29, 0.717) is 5.56 Å². The van der Waals surface area contributed by atoms with Gasteiger partial charge in [-0.25, -0.2) is 4.39 Å². The predicted molar refractivity (Wildman–Crippen MR) is 65.3 cm³/mol. The third-order valence-electron chi connectivity index (χ3n) is 3.23. The summed E-state index contributed by atoms with van der Waals surface area (Å²) in [4.78, 5) is 2.14. The number of aliphatic hydroxyl groups is 1. The van der Waals surface area contributed by atoms with Crippen LogP contribution in [0.25, 0.3) is 0 Å². The molecule has 0 radical (unpaired) electrons. The van der Waals surface area contributed by atoms with Gasteiger partial charge in [0.2, 0.25) is 0 Å². The van der Waals surface area contributed by atoms with Crippen molar-refractivity contribution in [2.24, 2.45) is 0 Å². The number of piperazine rings is 1. The first-order valence-electron chi connectivity index (χ1n) is 6.07. The normalized spacial score (nSPS) is 21.1. The molecule has 17 heavy (non-hydrogen) atoms. The largest absolute Gasteiger partial charge is 0.391 e. The third-order valence-corrected chi connectivity index (χ3v) is 3.23. The Morgan fingerprint density at radius 1 is 1.29 bits per heavy atom. The lowest BCUT2D eigenvalue weighted by Crippen LogP contribution is -2.47. The number of rotatable bonds is 3. The van der Waals surface area contributed by atoms with Gasteiger partial charge in [0.25, 0.3) is 0 Å². The Bertz CT molecular complexity index is 364. The number of benzene rings is 1. The number of hydrogen-bond donors (Lipinski definition) is 2.